The van der Waals surface area contributed by atoms with Crippen molar-refractivity contribution in [3.05, 3.63) is 30.3 Å². The van der Waals surface area contributed by atoms with Gasteiger partial charge in [0.05, 0.1) is 16.8 Å². The molecular formula is C16H19N3. The van der Waals surface area contributed by atoms with Gasteiger partial charge in [-0.1, -0.05) is 24.6 Å². The Bertz CT molecular complexity index is 561. The molecule has 0 unspecified atom stereocenters. The second-order valence-corrected chi connectivity index (χ2v) is 6.06. The molecule has 2 atom stereocenters. The molecule has 2 fully saturated rings. The van der Waals surface area contributed by atoms with Crippen LogP contribution in [0.5, 0.6) is 0 Å². The molecule has 0 spiro atoms. The summed E-state index contributed by atoms with van der Waals surface area (Å²) in [5.74, 6) is 0.601. The van der Waals surface area contributed by atoms with Crippen molar-refractivity contribution in [1.29, 1.82) is 0 Å². The van der Waals surface area contributed by atoms with E-state index >= 15 is 0 Å². The maximum absolute atomic E-state index is 4.52. The molecule has 0 amide bonds. The molecule has 4 rings (SSSR count). The van der Waals surface area contributed by atoms with E-state index in [-0.39, 0.29) is 5.41 Å². The number of hydrogen-bond donors (Lipinski definition) is 0. The van der Waals surface area contributed by atoms with Gasteiger partial charge in [0.25, 0.3) is 0 Å². The van der Waals surface area contributed by atoms with Crippen LogP contribution in [0.2, 0.25) is 0 Å². The van der Waals surface area contributed by atoms with Crippen LogP contribution in [0, 0.1) is 11.3 Å². The molecule has 1 saturated heterocycles. The fourth-order valence-electron chi connectivity index (χ4n) is 4.02. The molecule has 1 saturated carbocycles. The molecule has 0 radical (unpaired) electrons. The molecule has 19 heavy (non-hydrogen) atoms. The molecule has 2 heterocycles. The van der Waals surface area contributed by atoms with Gasteiger partial charge < -0.3 is 4.90 Å². The van der Waals surface area contributed by atoms with Gasteiger partial charge in [-0.25, -0.2) is 0 Å². The quantitative estimate of drug-likeness (QED) is 0.755. The van der Waals surface area contributed by atoms with Crippen LogP contribution in [-0.2, 0) is 0 Å². The Balaban J connectivity index is 1.73. The second-order valence-electron chi connectivity index (χ2n) is 6.06. The van der Waals surface area contributed by atoms with Crippen LogP contribution >= 0.6 is 0 Å². The molecule has 0 N–H and O–H groups in total. The van der Waals surface area contributed by atoms with E-state index in [1.165, 1.54) is 36.4 Å². The molecule has 2 bridgehead atoms. The number of piperidine rings is 1. The predicted octanol–water partition coefficient (Wildman–Crippen LogP) is 3.12. The normalized spacial score (nSPS) is 32.7. The van der Waals surface area contributed by atoms with E-state index in [0.29, 0.717) is 5.92 Å². The topological polar surface area (TPSA) is 28.0 Å². The van der Waals surface area contributed by atoms with Crippen LogP contribution in [0.3, 0.4) is 0 Å². The summed E-state index contributed by atoms with van der Waals surface area (Å²) in [5, 5.41) is 8.94. The molecule has 2 aliphatic heterocycles. The standard InChI is InChI=1S/C16H19N3/c1-12-16-9-5-6-13(15(16)18-17-12)10-19(11-16)14-7-3-2-4-8-14/h2-4,7-8,13H,5-6,9-11H2,1H3/t13-,16+/m0/s1. The predicted molar refractivity (Wildman–Crippen MR) is 79.0 cm³/mol. The van der Waals surface area contributed by atoms with Crippen LogP contribution < -0.4 is 4.90 Å². The Kier molecular flexibility index (Phi) is 2.32. The van der Waals surface area contributed by atoms with Crippen molar-refractivity contribution in [1.82, 2.24) is 0 Å². The van der Waals surface area contributed by atoms with Gasteiger partial charge in [-0.15, -0.1) is 0 Å². The van der Waals surface area contributed by atoms with Crippen LogP contribution in [0.1, 0.15) is 26.2 Å². The van der Waals surface area contributed by atoms with E-state index in [0.717, 1.165) is 13.1 Å². The zero-order valence-electron chi connectivity index (χ0n) is 11.3. The molecule has 3 heteroatoms. The molecule has 1 aliphatic carbocycles. The lowest BCUT2D eigenvalue weighted by Gasteiger charge is -2.49. The maximum Gasteiger partial charge on any atom is 0.0681 e. The van der Waals surface area contributed by atoms with Gasteiger partial charge in [-0.3, -0.25) is 0 Å². The maximum atomic E-state index is 4.52. The summed E-state index contributed by atoms with van der Waals surface area (Å²) in [6.07, 6.45) is 3.81. The molecule has 1 aromatic carbocycles. The van der Waals surface area contributed by atoms with E-state index in [1.807, 2.05) is 0 Å². The van der Waals surface area contributed by atoms with E-state index in [2.05, 4.69) is 52.4 Å². The molecular weight excluding hydrogens is 234 g/mol. The Morgan fingerprint density at radius 3 is 2.89 bits per heavy atom. The number of anilines is 1. The third-order valence-electron chi connectivity index (χ3n) is 5.06. The summed E-state index contributed by atoms with van der Waals surface area (Å²) in [7, 11) is 0. The summed E-state index contributed by atoms with van der Waals surface area (Å²) in [6.45, 7) is 4.32. The smallest absolute Gasteiger partial charge is 0.0681 e. The zero-order chi connectivity index (χ0) is 12.9. The van der Waals surface area contributed by atoms with Crippen LogP contribution in [-0.4, -0.2) is 24.5 Å². The van der Waals surface area contributed by atoms with Gasteiger partial charge in [-0.05, 0) is 31.9 Å². The molecule has 0 aromatic heterocycles. The Labute approximate surface area is 114 Å². The fraction of sp³-hybridized carbons (Fsp3) is 0.500. The van der Waals surface area contributed by atoms with Crippen molar-refractivity contribution in [2.45, 2.75) is 26.2 Å². The minimum Gasteiger partial charge on any atom is -0.370 e. The minimum atomic E-state index is 0.150. The third kappa shape index (κ3) is 1.50. The highest BCUT2D eigenvalue weighted by Gasteiger charge is 2.52. The lowest BCUT2D eigenvalue weighted by Crippen LogP contribution is -2.58. The first-order chi connectivity index (χ1) is 9.29. The summed E-state index contributed by atoms with van der Waals surface area (Å²) < 4.78 is 0. The first-order valence-corrected chi connectivity index (χ1v) is 7.23. The molecule has 98 valence electrons. The Morgan fingerprint density at radius 2 is 2.05 bits per heavy atom. The van der Waals surface area contributed by atoms with E-state index in [9.17, 15) is 0 Å². The van der Waals surface area contributed by atoms with Gasteiger partial charge in [0.2, 0.25) is 0 Å². The lowest BCUT2D eigenvalue weighted by molar-refractivity contribution is 0.353. The van der Waals surface area contributed by atoms with Gasteiger partial charge in [0.15, 0.2) is 0 Å². The lowest BCUT2D eigenvalue weighted by atomic mass is 9.63. The van der Waals surface area contributed by atoms with Gasteiger partial charge in [0, 0.05) is 24.7 Å². The van der Waals surface area contributed by atoms with Crippen LogP contribution in [0.15, 0.2) is 40.5 Å². The first kappa shape index (κ1) is 11.2. The van der Waals surface area contributed by atoms with E-state index in [4.69, 9.17) is 0 Å². The Hall–Kier alpha value is -1.64. The molecule has 3 aliphatic rings. The van der Waals surface area contributed by atoms with Gasteiger partial charge in [0.1, 0.15) is 0 Å². The third-order valence-corrected chi connectivity index (χ3v) is 5.06. The van der Waals surface area contributed by atoms with Crippen molar-refractivity contribution in [2.75, 3.05) is 18.0 Å². The van der Waals surface area contributed by atoms with E-state index < -0.39 is 0 Å². The van der Waals surface area contributed by atoms with E-state index in [1.54, 1.807) is 0 Å². The van der Waals surface area contributed by atoms with Gasteiger partial charge in [-0.2, -0.15) is 10.2 Å². The van der Waals surface area contributed by atoms with Crippen molar-refractivity contribution >= 4 is 17.1 Å². The second kappa shape index (κ2) is 3.92. The number of para-hydroxylation sites is 1. The Morgan fingerprint density at radius 1 is 1.21 bits per heavy atom. The summed E-state index contributed by atoms with van der Waals surface area (Å²) in [4.78, 5) is 2.53. The number of benzene rings is 1. The SMILES string of the molecule is CC1=NN=C2[C@H]3CCC[C@@]12CN(c1ccccc1)C3. The highest BCUT2D eigenvalue weighted by atomic mass is 15.3. The largest absolute Gasteiger partial charge is 0.370 e. The van der Waals surface area contributed by atoms with Gasteiger partial charge >= 0.3 is 0 Å². The number of hydrogen-bond acceptors (Lipinski definition) is 3. The summed E-state index contributed by atoms with van der Waals surface area (Å²) in [5.41, 5.74) is 4.10. The summed E-state index contributed by atoms with van der Waals surface area (Å²) in [6, 6.07) is 10.8. The average molecular weight is 253 g/mol. The number of rotatable bonds is 1. The van der Waals surface area contributed by atoms with Crippen molar-refractivity contribution < 1.29 is 0 Å². The van der Waals surface area contributed by atoms with Crippen LogP contribution in [0.4, 0.5) is 5.69 Å². The average Bonchev–Trinajstić information content (AvgIpc) is 2.78. The van der Waals surface area contributed by atoms with Crippen molar-refractivity contribution in [3.8, 4) is 0 Å². The van der Waals surface area contributed by atoms with Crippen molar-refractivity contribution in [3.63, 3.8) is 0 Å². The highest BCUT2D eigenvalue weighted by Crippen LogP contribution is 2.46. The monoisotopic (exact) mass is 253 g/mol. The zero-order valence-corrected chi connectivity index (χ0v) is 11.3. The minimum absolute atomic E-state index is 0.150. The van der Waals surface area contributed by atoms with Crippen molar-refractivity contribution in [2.24, 2.45) is 21.5 Å². The van der Waals surface area contributed by atoms with Crippen LogP contribution in [0.25, 0.3) is 0 Å². The fourth-order valence-corrected chi connectivity index (χ4v) is 4.02. The molecule has 1 aromatic rings. The number of nitrogens with zero attached hydrogens (tertiary/aromatic N) is 3. The summed E-state index contributed by atoms with van der Waals surface area (Å²) >= 11 is 0. The first-order valence-electron chi connectivity index (χ1n) is 7.23. The highest BCUT2D eigenvalue weighted by molar-refractivity contribution is 6.16. The molecule has 3 nitrogen and oxygen atoms in total.